The summed E-state index contributed by atoms with van der Waals surface area (Å²) in [5, 5.41) is 0. The first-order valence-corrected chi connectivity index (χ1v) is 8.87. The van der Waals surface area contributed by atoms with Crippen molar-refractivity contribution >= 4 is 15.9 Å². The average molecular weight is 419 g/mol. The lowest BCUT2D eigenvalue weighted by atomic mass is 10.1. The van der Waals surface area contributed by atoms with Crippen LogP contribution >= 0.6 is 15.9 Å². The van der Waals surface area contributed by atoms with Crippen LogP contribution in [0.2, 0.25) is 0 Å². The van der Waals surface area contributed by atoms with Crippen LogP contribution in [0.15, 0.2) is 36.4 Å². The second kappa shape index (κ2) is 8.70. The minimum absolute atomic E-state index is 0.0954. The molecule has 25 heavy (non-hydrogen) atoms. The van der Waals surface area contributed by atoms with Gasteiger partial charge in [0.1, 0.15) is 29.6 Å². The van der Waals surface area contributed by atoms with E-state index in [1.807, 2.05) is 40.2 Å². The number of halogens is 5. The summed E-state index contributed by atoms with van der Waals surface area (Å²) in [6.07, 6.45) is 4.49. The van der Waals surface area contributed by atoms with Gasteiger partial charge in [0.2, 0.25) is 0 Å². The molecule has 0 saturated carbocycles. The Morgan fingerprint density at radius 3 is 2.04 bits per heavy atom. The Morgan fingerprint density at radius 2 is 1.52 bits per heavy atom. The number of ether oxygens (including phenoxy) is 1. The summed E-state index contributed by atoms with van der Waals surface area (Å²) in [5.74, 6) is -2.85. The zero-order valence-electron chi connectivity index (χ0n) is 13.8. The molecule has 0 aliphatic carbocycles. The fourth-order valence-electron chi connectivity index (χ4n) is 2.45. The van der Waals surface area contributed by atoms with E-state index < -0.39 is 22.0 Å². The molecule has 0 aromatic heterocycles. The Kier molecular flexibility index (Phi) is 6.87. The molecule has 0 aliphatic rings. The summed E-state index contributed by atoms with van der Waals surface area (Å²) in [7, 11) is 0. The molecule has 0 atom stereocenters. The Balaban J connectivity index is 1.99. The SMILES string of the molecule is CCCCCc1ccc(COc2cc(F)c(C(F)(F)Br)c(F)c2)cc1. The van der Waals surface area contributed by atoms with E-state index in [0.29, 0.717) is 0 Å². The third-order valence-corrected chi connectivity index (χ3v) is 4.19. The first-order chi connectivity index (χ1) is 11.8. The predicted octanol–water partition coefficient (Wildman–Crippen LogP) is 6.72. The second-order valence-corrected chi connectivity index (χ2v) is 6.82. The third kappa shape index (κ3) is 5.73. The summed E-state index contributed by atoms with van der Waals surface area (Å²) >= 11 is 1.96. The van der Waals surface area contributed by atoms with Gasteiger partial charge in [0, 0.05) is 12.1 Å². The van der Waals surface area contributed by atoms with Gasteiger partial charge in [-0.15, -0.1) is 0 Å². The van der Waals surface area contributed by atoms with Gasteiger partial charge in [-0.3, -0.25) is 0 Å². The monoisotopic (exact) mass is 418 g/mol. The lowest BCUT2D eigenvalue weighted by molar-refractivity contribution is 0.104. The Bertz CT molecular complexity index is 673. The highest BCUT2D eigenvalue weighted by atomic mass is 79.9. The molecule has 0 saturated heterocycles. The van der Waals surface area contributed by atoms with E-state index in [1.54, 1.807) is 0 Å². The fourth-order valence-corrected chi connectivity index (χ4v) is 2.83. The molecule has 0 amide bonds. The molecule has 0 aliphatic heterocycles. The third-order valence-electron chi connectivity index (χ3n) is 3.80. The molecule has 1 nitrogen and oxygen atoms in total. The molecule has 0 heterocycles. The van der Waals surface area contributed by atoms with Gasteiger partial charge in [-0.1, -0.05) is 44.0 Å². The maximum Gasteiger partial charge on any atom is 0.332 e. The van der Waals surface area contributed by atoms with Crippen molar-refractivity contribution in [3.05, 3.63) is 64.7 Å². The average Bonchev–Trinajstić information content (AvgIpc) is 2.52. The zero-order chi connectivity index (χ0) is 18.4. The topological polar surface area (TPSA) is 9.23 Å². The first kappa shape index (κ1) is 19.8. The minimum Gasteiger partial charge on any atom is -0.489 e. The van der Waals surface area contributed by atoms with Crippen LogP contribution in [-0.4, -0.2) is 0 Å². The number of aryl methyl sites for hydroxylation is 1. The summed E-state index contributed by atoms with van der Waals surface area (Å²) < 4.78 is 58.9. The normalized spacial score (nSPS) is 11.6. The van der Waals surface area contributed by atoms with Crippen LogP contribution in [0.5, 0.6) is 5.75 Å². The van der Waals surface area contributed by atoms with Gasteiger partial charge < -0.3 is 4.74 Å². The molecule has 0 bridgehead atoms. The maximum absolute atomic E-state index is 13.7. The minimum atomic E-state index is -3.77. The van der Waals surface area contributed by atoms with Gasteiger partial charge in [-0.05, 0) is 39.9 Å². The highest BCUT2D eigenvalue weighted by molar-refractivity contribution is 9.09. The molecule has 2 aromatic carbocycles. The van der Waals surface area contributed by atoms with Gasteiger partial charge in [0.25, 0.3) is 0 Å². The van der Waals surface area contributed by atoms with E-state index in [0.717, 1.165) is 30.5 Å². The summed E-state index contributed by atoms with van der Waals surface area (Å²) in [6, 6.07) is 9.26. The van der Waals surface area contributed by atoms with E-state index in [4.69, 9.17) is 4.74 Å². The Labute approximate surface area is 153 Å². The van der Waals surface area contributed by atoms with Crippen LogP contribution < -0.4 is 4.74 Å². The maximum atomic E-state index is 13.7. The van der Waals surface area contributed by atoms with Crippen molar-refractivity contribution in [1.82, 2.24) is 0 Å². The summed E-state index contributed by atoms with van der Waals surface area (Å²) in [6.45, 7) is 2.25. The van der Waals surface area contributed by atoms with Crippen molar-refractivity contribution in [2.45, 2.75) is 44.0 Å². The van der Waals surface area contributed by atoms with Crippen LogP contribution in [0.1, 0.15) is 42.9 Å². The largest absolute Gasteiger partial charge is 0.489 e. The number of hydrogen-bond acceptors (Lipinski definition) is 1. The van der Waals surface area contributed by atoms with Crippen LogP contribution in [0, 0.1) is 11.6 Å². The van der Waals surface area contributed by atoms with Gasteiger partial charge in [0.05, 0.1) is 0 Å². The lowest BCUT2D eigenvalue weighted by Gasteiger charge is -2.13. The number of benzene rings is 2. The van der Waals surface area contributed by atoms with E-state index in [2.05, 4.69) is 6.92 Å². The molecule has 0 fully saturated rings. The van der Waals surface area contributed by atoms with Gasteiger partial charge in [-0.25, -0.2) is 8.78 Å². The van der Waals surface area contributed by atoms with Gasteiger partial charge >= 0.3 is 4.83 Å². The standard InChI is InChI=1S/C19H19BrF4O/c1-2-3-4-5-13-6-8-14(9-7-13)12-25-15-10-16(21)18(17(22)11-15)19(20,23)24/h6-11H,2-5,12H2,1H3. The molecule has 136 valence electrons. The van der Waals surface area contributed by atoms with E-state index >= 15 is 0 Å². The van der Waals surface area contributed by atoms with Gasteiger partial charge in [0.15, 0.2) is 0 Å². The number of rotatable bonds is 8. The van der Waals surface area contributed by atoms with Crippen molar-refractivity contribution in [1.29, 1.82) is 0 Å². The van der Waals surface area contributed by atoms with Crippen LogP contribution in [-0.2, 0) is 17.9 Å². The van der Waals surface area contributed by atoms with Crippen molar-refractivity contribution in [2.24, 2.45) is 0 Å². The van der Waals surface area contributed by atoms with Crippen molar-refractivity contribution in [2.75, 3.05) is 0 Å². The van der Waals surface area contributed by atoms with E-state index in [-0.39, 0.29) is 12.4 Å². The molecule has 2 rings (SSSR count). The number of hydrogen-bond donors (Lipinski definition) is 0. The highest BCUT2D eigenvalue weighted by Gasteiger charge is 2.35. The predicted molar refractivity (Wildman–Crippen MR) is 93.2 cm³/mol. The van der Waals surface area contributed by atoms with Crippen LogP contribution in [0.3, 0.4) is 0 Å². The van der Waals surface area contributed by atoms with Crippen LogP contribution in [0.25, 0.3) is 0 Å². The zero-order valence-corrected chi connectivity index (χ0v) is 15.4. The molecule has 0 radical (unpaired) electrons. The van der Waals surface area contributed by atoms with Crippen LogP contribution in [0.4, 0.5) is 17.6 Å². The molecular formula is C19H19BrF4O. The molecule has 0 unspecified atom stereocenters. The molecule has 2 aromatic rings. The molecular weight excluding hydrogens is 400 g/mol. The second-order valence-electron chi connectivity index (χ2n) is 5.82. The van der Waals surface area contributed by atoms with Crippen molar-refractivity contribution < 1.29 is 22.3 Å². The number of alkyl halides is 3. The highest BCUT2D eigenvalue weighted by Crippen LogP contribution is 2.39. The summed E-state index contributed by atoms with van der Waals surface area (Å²) in [5.41, 5.74) is 0.726. The quantitative estimate of drug-likeness (QED) is 0.262. The molecule has 6 heteroatoms. The first-order valence-electron chi connectivity index (χ1n) is 8.08. The van der Waals surface area contributed by atoms with E-state index in [9.17, 15) is 17.6 Å². The fraction of sp³-hybridized carbons (Fsp3) is 0.368. The van der Waals surface area contributed by atoms with Crippen molar-refractivity contribution in [3.8, 4) is 5.75 Å². The molecule has 0 N–H and O–H groups in total. The van der Waals surface area contributed by atoms with E-state index in [1.165, 1.54) is 18.4 Å². The Hall–Kier alpha value is -1.56. The summed E-state index contributed by atoms with van der Waals surface area (Å²) in [4.78, 5) is -3.77. The lowest BCUT2D eigenvalue weighted by Crippen LogP contribution is -2.10. The van der Waals surface area contributed by atoms with Gasteiger partial charge in [-0.2, -0.15) is 8.78 Å². The Morgan fingerprint density at radius 1 is 0.960 bits per heavy atom. The van der Waals surface area contributed by atoms with Crippen molar-refractivity contribution in [3.63, 3.8) is 0 Å². The number of unbranched alkanes of at least 4 members (excludes halogenated alkanes) is 2. The molecule has 0 spiro atoms. The smallest absolute Gasteiger partial charge is 0.332 e.